The summed E-state index contributed by atoms with van der Waals surface area (Å²) < 4.78 is 0. The maximum absolute atomic E-state index is 4.55. The van der Waals surface area contributed by atoms with Crippen LogP contribution >= 0.6 is 11.3 Å². The molecule has 2 aromatic rings. The van der Waals surface area contributed by atoms with Crippen LogP contribution in [0, 0.1) is 13.8 Å². The fourth-order valence-corrected chi connectivity index (χ4v) is 3.41. The molecule has 0 aromatic carbocycles. The number of hydrogen-bond acceptors (Lipinski definition) is 5. The van der Waals surface area contributed by atoms with Crippen LogP contribution in [-0.4, -0.2) is 21.0 Å². The summed E-state index contributed by atoms with van der Waals surface area (Å²) in [5, 5.41) is 4.62. The first-order valence-electron chi connectivity index (χ1n) is 6.61. The molecule has 0 unspecified atom stereocenters. The Morgan fingerprint density at radius 2 is 1.83 bits per heavy atom. The third-order valence-corrected chi connectivity index (χ3v) is 4.29. The van der Waals surface area contributed by atoms with Crippen LogP contribution in [0.5, 0.6) is 0 Å². The molecule has 3 rings (SSSR count). The van der Waals surface area contributed by atoms with Gasteiger partial charge in [0.15, 0.2) is 5.82 Å². The van der Waals surface area contributed by atoms with Crippen LogP contribution in [0.25, 0.3) is 10.3 Å². The molecule has 1 aliphatic rings. The molecule has 18 heavy (non-hydrogen) atoms. The van der Waals surface area contributed by atoms with Gasteiger partial charge in [0.25, 0.3) is 0 Å². The third kappa shape index (κ3) is 2.32. The zero-order valence-corrected chi connectivity index (χ0v) is 11.7. The standard InChI is InChI=1S/C13H18N4S/c1-8-14-12(17-10-6-4-3-5-7-10)11-13(15-8)18-9(2)16-11/h10H,3-7H2,1-2H3,(H,14,15,17). The summed E-state index contributed by atoms with van der Waals surface area (Å²) in [7, 11) is 0. The van der Waals surface area contributed by atoms with Crippen LogP contribution in [0.15, 0.2) is 0 Å². The number of fused-ring (bicyclic) bond motifs is 1. The van der Waals surface area contributed by atoms with E-state index >= 15 is 0 Å². The maximum Gasteiger partial charge on any atom is 0.157 e. The molecule has 96 valence electrons. The molecule has 2 aromatic heterocycles. The van der Waals surface area contributed by atoms with Crippen molar-refractivity contribution in [2.45, 2.75) is 52.0 Å². The van der Waals surface area contributed by atoms with Crippen LogP contribution in [-0.2, 0) is 0 Å². The number of aromatic nitrogens is 3. The molecule has 2 heterocycles. The van der Waals surface area contributed by atoms with Crippen LogP contribution in [0.3, 0.4) is 0 Å². The minimum atomic E-state index is 0.554. The molecular weight excluding hydrogens is 244 g/mol. The smallest absolute Gasteiger partial charge is 0.157 e. The number of nitrogens with zero attached hydrogens (tertiary/aromatic N) is 3. The number of aryl methyl sites for hydroxylation is 2. The average Bonchev–Trinajstić information content (AvgIpc) is 2.71. The van der Waals surface area contributed by atoms with Crippen molar-refractivity contribution in [2.24, 2.45) is 0 Å². The highest BCUT2D eigenvalue weighted by Crippen LogP contribution is 2.27. The molecule has 1 fully saturated rings. The lowest BCUT2D eigenvalue weighted by molar-refractivity contribution is 0.462. The Kier molecular flexibility index (Phi) is 3.16. The van der Waals surface area contributed by atoms with E-state index in [0.717, 1.165) is 27.0 Å². The predicted molar refractivity (Wildman–Crippen MR) is 75.2 cm³/mol. The molecule has 0 radical (unpaired) electrons. The Morgan fingerprint density at radius 3 is 2.61 bits per heavy atom. The zero-order chi connectivity index (χ0) is 12.5. The van der Waals surface area contributed by atoms with Crippen LogP contribution in [0.2, 0.25) is 0 Å². The Balaban J connectivity index is 1.94. The van der Waals surface area contributed by atoms with Crippen molar-refractivity contribution in [3.8, 4) is 0 Å². The molecule has 1 N–H and O–H groups in total. The van der Waals surface area contributed by atoms with Crippen LogP contribution in [0.4, 0.5) is 5.82 Å². The average molecular weight is 262 g/mol. The highest BCUT2D eigenvalue weighted by Gasteiger charge is 2.17. The second kappa shape index (κ2) is 4.80. The van der Waals surface area contributed by atoms with Crippen molar-refractivity contribution in [1.29, 1.82) is 0 Å². The maximum atomic E-state index is 4.55. The van der Waals surface area contributed by atoms with E-state index in [1.54, 1.807) is 11.3 Å². The van der Waals surface area contributed by atoms with Crippen molar-refractivity contribution in [2.75, 3.05) is 5.32 Å². The Bertz CT molecular complexity index is 557. The van der Waals surface area contributed by atoms with Gasteiger partial charge in [-0.2, -0.15) is 0 Å². The van der Waals surface area contributed by atoms with Crippen molar-refractivity contribution in [3.63, 3.8) is 0 Å². The first-order chi connectivity index (χ1) is 8.72. The van der Waals surface area contributed by atoms with Gasteiger partial charge < -0.3 is 5.32 Å². The van der Waals surface area contributed by atoms with E-state index in [1.807, 2.05) is 13.8 Å². The lowest BCUT2D eigenvalue weighted by atomic mass is 9.95. The lowest BCUT2D eigenvalue weighted by Crippen LogP contribution is -2.23. The monoisotopic (exact) mass is 262 g/mol. The van der Waals surface area contributed by atoms with Gasteiger partial charge in [-0.05, 0) is 26.7 Å². The van der Waals surface area contributed by atoms with Gasteiger partial charge in [0.2, 0.25) is 0 Å². The van der Waals surface area contributed by atoms with E-state index in [1.165, 1.54) is 32.1 Å². The summed E-state index contributed by atoms with van der Waals surface area (Å²) in [5.74, 6) is 1.75. The molecule has 0 atom stereocenters. The minimum Gasteiger partial charge on any atom is -0.365 e. The molecule has 0 saturated heterocycles. The molecule has 0 aliphatic heterocycles. The SMILES string of the molecule is Cc1nc(NC2CCCCC2)c2nc(C)sc2n1. The summed E-state index contributed by atoms with van der Waals surface area (Å²) in [6, 6.07) is 0.554. The first-order valence-corrected chi connectivity index (χ1v) is 7.42. The van der Waals surface area contributed by atoms with E-state index in [4.69, 9.17) is 0 Å². The molecule has 0 spiro atoms. The summed E-state index contributed by atoms with van der Waals surface area (Å²) in [6.45, 7) is 3.96. The van der Waals surface area contributed by atoms with E-state index in [-0.39, 0.29) is 0 Å². The van der Waals surface area contributed by atoms with E-state index < -0.39 is 0 Å². The predicted octanol–water partition coefficient (Wildman–Crippen LogP) is 3.45. The summed E-state index contributed by atoms with van der Waals surface area (Å²) in [6.07, 6.45) is 6.50. The fourth-order valence-electron chi connectivity index (χ4n) is 2.57. The molecule has 1 saturated carbocycles. The van der Waals surface area contributed by atoms with Gasteiger partial charge in [-0.3, -0.25) is 0 Å². The minimum absolute atomic E-state index is 0.554. The number of rotatable bonds is 2. The summed E-state index contributed by atoms with van der Waals surface area (Å²) >= 11 is 1.64. The summed E-state index contributed by atoms with van der Waals surface area (Å²) in [5.41, 5.74) is 0.939. The molecule has 5 heteroatoms. The van der Waals surface area contributed by atoms with Gasteiger partial charge in [0, 0.05) is 6.04 Å². The number of thiazole rings is 1. The normalized spacial score (nSPS) is 17.2. The second-order valence-corrected chi connectivity index (χ2v) is 6.17. The lowest BCUT2D eigenvalue weighted by Gasteiger charge is -2.23. The quantitative estimate of drug-likeness (QED) is 0.900. The number of hydrogen-bond donors (Lipinski definition) is 1. The topological polar surface area (TPSA) is 50.7 Å². The van der Waals surface area contributed by atoms with Gasteiger partial charge in [0.1, 0.15) is 16.2 Å². The molecule has 0 bridgehead atoms. The largest absolute Gasteiger partial charge is 0.365 e. The van der Waals surface area contributed by atoms with Crippen molar-refractivity contribution < 1.29 is 0 Å². The number of anilines is 1. The van der Waals surface area contributed by atoms with Gasteiger partial charge in [0.05, 0.1) is 5.01 Å². The van der Waals surface area contributed by atoms with E-state index in [9.17, 15) is 0 Å². The second-order valence-electron chi connectivity index (χ2n) is 4.99. The van der Waals surface area contributed by atoms with Gasteiger partial charge in [-0.25, -0.2) is 15.0 Å². The fraction of sp³-hybridized carbons (Fsp3) is 0.615. The third-order valence-electron chi connectivity index (χ3n) is 3.42. The van der Waals surface area contributed by atoms with Gasteiger partial charge in [-0.1, -0.05) is 30.6 Å². The Labute approximate surface area is 111 Å². The van der Waals surface area contributed by atoms with Gasteiger partial charge >= 0.3 is 0 Å². The van der Waals surface area contributed by atoms with Crippen molar-refractivity contribution in [3.05, 3.63) is 10.8 Å². The van der Waals surface area contributed by atoms with Crippen LogP contribution in [0.1, 0.15) is 42.9 Å². The highest BCUT2D eigenvalue weighted by atomic mass is 32.1. The van der Waals surface area contributed by atoms with Crippen molar-refractivity contribution >= 4 is 27.5 Å². The Hall–Kier alpha value is -1.23. The van der Waals surface area contributed by atoms with Crippen molar-refractivity contribution in [1.82, 2.24) is 15.0 Å². The highest BCUT2D eigenvalue weighted by molar-refractivity contribution is 7.18. The molecule has 1 aliphatic carbocycles. The van der Waals surface area contributed by atoms with Crippen LogP contribution < -0.4 is 5.32 Å². The molecule has 0 amide bonds. The van der Waals surface area contributed by atoms with E-state index in [2.05, 4.69) is 20.3 Å². The number of nitrogens with one attached hydrogen (secondary N) is 1. The molecule has 4 nitrogen and oxygen atoms in total. The first kappa shape index (κ1) is 11.8. The molecular formula is C13H18N4S. The Morgan fingerprint density at radius 1 is 1.06 bits per heavy atom. The summed E-state index contributed by atoms with van der Waals surface area (Å²) in [4.78, 5) is 14.5. The van der Waals surface area contributed by atoms with E-state index in [0.29, 0.717) is 6.04 Å². The zero-order valence-electron chi connectivity index (χ0n) is 10.9. The van der Waals surface area contributed by atoms with Gasteiger partial charge in [-0.15, -0.1) is 0 Å².